The van der Waals surface area contributed by atoms with Crippen LogP contribution >= 0.6 is 23.2 Å². The van der Waals surface area contributed by atoms with Crippen molar-refractivity contribution < 1.29 is 12.6 Å². The molecule has 1 saturated heterocycles. The van der Waals surface area contributed by atoms with Crippen molar-refractivity contribution in [2.24, 2.45) is 5.92 Å². The lowest BCUT2D eigenvalue weighted by Crippen LogP contribution is -2.32. The molecule has 2 aromatic rings. The number of hydrogen-bond acceptors (Lipinski definition) is 4. The zero-order valence-corrected chi connectivity index (χ0v) is 17.2. The molecule has 4 nitrogen and oxygen atoms in total. The molecule has 7 heteroatoms. The van der Waals surface area contributed by atoms with Gasteiger partial charge in [0.15, 0.2) is 0 Å². The van der Waals surface area contributed by atoms with Crippen LogP contribution in [0, 0.1) is 12.8 Å². The number of rotatable bonds is 4. The van der Waals surface area contributed by atoms with E-state index in [1.165, 1.54) is 0 Å². The number of aryl methyl sites for hydroxylation is 1. The second-order valence-electron chi connectivity index (χ2n) is 7.54. The first-order valence-electron chi connectivity index (χ1n) is 8.96. The molecule has 0 amide bonds. The molecular weight excluding hydrogens is 405 g/mol. The molecule has 2 aliphatic rings. The third kappa shape index (κ3) is 3.52. The van der Waals surface area contributed by atoms with Crippen LogP contribution < -0.4 is 5.32 Å². The van der Waals surface area contributed by atoms with Gasteiger partial charge >= 0.3 is 0 Å². The Balaban J connectivity index is 1.59. The molecular formula is C20H21Cl2NO3S. The first-order chi connectivity index (χ1) is 12.8. The van der Waals surface area contributed by atoms with Gasteiger partial charge in [0.05, 0.1) is 21.0 Å². The summed E-state index contributed by atoms with van der Waals surface area (Å²) in [5.74, 6) is 0.299. The SMILES string of the molecule is Cc1ccc(S(=O)(=O)O[C@H]2C[C@@H]3CNC[C@]3(c3ccc(Cl)c(Cl)c3)C2)cc1. The molecule has 0 spiro atoms. The molecule has 27 heavy (non-hydrogen) atoms. The average molecular weight is 426 g/mol. The third-order valence-electron chi connectivity index (χ3n) is 5.82. The van der Waals surface area contributed by atoms with Crippen LogP contribution in [-0.2, 0) is 19.7 Å². The first kappa shape index (κ1) is 19.2. The minimum absolute atomic E-state index is 0.179. The van der Waals surface area contributed by atoms with Gasteiger partial charge in [0, 0.05) is 12.0 Å². The van der Waals surface area contributed by atoms with E-state index in [4.69, 9.17) is 27.4 Å². The van der Waals surface area contributed by atoms with E-state index in [1.54, 1.807) is 30.3 Å². The van der Waals surface area contributed by atoms with Crippen LogP contribution in [0.5, 0.6) is 0 Å². The Hall–Kier alpha value is -1.11. The monoisotopic (exact) mass is 425 g/mol. The Morgan fingerprint density at radius 3 is 2.56 bits per heavy atom. The van der Waals surface area contributed by atoms with Crippen molar-refractivity contribution in [1.82, 2.24) is 5.32 Å². The van der Waals surface area contributed by atoms with Crippen LogP contribution in [0.4, 0.5) is 0 Å². The normalized spacial score (nSPS) is 27.7. The molecule has 1 heterocycles. The molecule has 4 rings (SSSR count). The van der Waals surface area contributed by atoms with E-state index in [0.29, 0.717) is 28.8 Å². The standard InChI is InChI=1S/C20H21Cl2NO3S/c1-13-2-5-17(6-3-13)27(24,25)26-16-8-15-11-23-12-20(15,10-16)14-4-7-18(21)19(22)9-14/h2-7,9,15-16,23H,8,10-12H2,1H3/t15-,16+,20+/m1/s1. The summed E-state index contributed by atoms with van der Waals surface area (Å²) in [5, 5.41) is 4.48. The molecule has 0 unspecified atom stereocenters. The van der Waals surface area contributed by atoms with E-state index in [9.17, 15) is 8.42 Å². The molecule has 1 aliphatic heterocycles. The predicted octanol–water partition coefficient (Wildman–Crippen LogP) is 4.33. The summed E-state index contributed by atoms with van der Waals surface area (Å²) < 4.78 is 31.0. The number of hydrogen-bond donors (Lipinski definition) is 1. The van der Waals surface area contributed by atoms with Gasteiger partial charge in [-0.2, -0.15) is 8.42 Å². The van der Waals surface area contributed by atoms with Gasteiger partial charge in [-0.3, -0.25) is 4.18 Å². The summed E-state index contributed by atoms with van der Waals surface area (Å²) in [5.41, 5.74) is 1.92. The Morgan fingerprint density at radius 1 is 1.11 bits per heavy atom. The lowest BCUT2D eigenvalue weighted by Gasteiger charge is -2.29. The van der Waals surface area contributed by atoms with Crippen molar-refractivity contribution in [3.8, 4) is 0 Å². The highest BCUT2D eigenvalue weighted by molar-refractivity contribution is 7.86. The van der Waals surface area contributed by atoms with Crippen molar-refractivity contribution in [3.05, 3.63) is 63.6 Å². The van der Waals surface area contributed by atoms with Crippen LogP contribution in [0.3, 0.4) is 0 Å². The summed E-state index contributed by atoms with van der Waals surface area (Å²) in [6, 6.07) is 12.4. The van der Waals surface area contributed by atoms with Crippen LogP contribution in [0.25, 0.3) is 0 Å². The zero-order chi connectivity index (χ0) is 19.2. The van der Waals surface area contributed by atoms with Gasteiger partial charge in [0.2, 0.25) is 0 Å². The van der Waals surface area contributed by atoms with E-state index in [-0.39, 0.29) is 16.4 Å². The fraction of sp³-hybridized carbons (Fsp3) is 0.400. The van der Waals surface area contributed by atoms with Crippen molar-refractivity contribution in [3.63, 3.8) is 0 Å². The third-order valence-corrected chi connectivity index (χ3v) is 7.93. The molecule has 1 saturated carbocycles. The molecule has 3 atom stereocenters. The summed E-state index contributed by atoms with van der Waals surface area (Å²) in [6.45, 7) is 3.54. The Bertz CT molecular complexity index is 962. The lowest BCUT2D eigenvalue weighted by atomic mass is 9.74. The van der Waals surface area contributed by atoms with Crippen LogP contribution in [-0.4, -0.2) is 27.6 Å². The first-order valence-corrected chi connectivity index (χ1v) is 11.1. The van der Waals surface area contributed by atoms with Crippen LogP contribution in [0.15, 0.2) is 47.4 Å². The van der Waals surface area contributed by atoms with E-state index >= 15 is 0 Å². The second kappa shape index (κ2) is 7.05. The molecule has 2 fully saturated rings. The highest BCUT2D eigenvalue weighted by Gasteiger charge is 2.52. The van der Waals surface area contributed by atoms with Gasteiger partial charge in [0.25, 0.3) is 10.1 Å². The van der Waals surface area contributed by atoms with E-state index < -0.39 is 10.1 Å². The number of benzene rings is 2. The van der Waals surface area contributed by atoms with Crippen LogP contribution in [0.2, 0.25) is 10.0 Å². The van der Waals surface area contributed by atoms with Crippen molar-refractivity contribution in [1.29, 1.82) is 0 Å². The lowest BCUT2D eigenvalue weighted by molar-refractivity contribution is 0.204. The number of halogens is 2. The summed E-state index contributed by atoms with van der Waals surface area (Å²) in [6.07, 6.45) is 0.976. The Labute approximate surface area is 170 Å². The van der Waals surface area contributed by atoms with Gasteiger partial charge < -0.3 is 5.32 Å². The van der Waals surface area contributed by atoms with Gasteiger partial charge in [-0.05, 0) is 62.1 Å². The minimum atomic E-state index is -3.78. The molecule has 0 bridgehead atoms. The summed E-state index contributed by atoms with van der Waals surface area (Å²) in [7, 11) is -3.78. The summed E-state index contributed by atoms with van der Waals surface area (Å²) >= 11 is 12.3. The topological polar surface area (TPSA) is 55.4 Å². The Morgan fingerprint density at radius 2 is 1.85 bits per heavy atom. The van der Waals surface area contributed by atoms with Crippen molar-refractivity contribution in [2.45, 2.75) is 36.2 Å². The largest absolute Gasteiger partial charge is 0.316 e. The fourth-order valence-electron chi connectivity index (χ4n) is 4.44. The minimum Gasteiger partial charge on any atom is -0.316 e. The highest BCUT2D eigenvalue weighted by atomic mass is 35.5. The van der Waals surface area contributed by atoms with Crippen LogP contribution in [0.1, 0.15) is 24.0 Å². The summed E-state index contributed by atoms with van der Waals surface area (Å²) in [4.78, 5) is 0.201. The fourth-order valence-corrected chi connectivity index (χ4v) is 5.82. The van der Waals surface area contributed by atoms with E-state index in [2.05, 4.69) is 5.32 Å². The maximum atomic E-state index is 12.7. The predicted molar refractivity (Wildman–Crippen MR) is 107 cm³/mol. The molecule has 1 aliphatic carbocycles. The molecule has 144 valence electrons. The van der Waals surface area contributed by atoms with Crippen molar-refractivity contribution >= 4 is 33.3 Å². The molecule has 0 aromatic heterocycles. The molecule has 2 aromatic carbocycles. The van der Waals surface area contributed by atoms with Gasteiger partial charge in [0.1, 0.15) is 0 Å². The van der Waals surface area contributed by atoms with E-state index in [0.717, 1.165) is 24.2 Å². The smallest absolute Gasteiger partial charge is 0.297 e. The number of fused-ring (bicyclic) bond motifs is 1. The quantitative estimate of drug-likeness (QED) is 0.740. The Kier molecular flexibility index (Phi) is 5.02. The maximum Gasteiger partial charge on any atom is 0.297 e. The number of nitrogens with one attached hydrogen (secondary N) is 1. The average Bonchev–Trinajstić information content (AvgIpc) is 3.15. The molecule has 0 radical (unpaired) electrons. The maximum absolute atomic E-state index is 12.7. The highest BCUT2D eigenvalue weighted by Crippen LogP contribution is 2.50. The van der Waals surface area contributed by atoms with E-state index in [1.807, 2.05) is 19.1 Å². The zero-order valence-electron chi connectivity index (χ0n) is 14.9. The van der Waals surface area contributed by atoms with Gasteiger partial charge in [-0.25, -0.2) is 0 Å². The van der Waals surface area contributed by atoms with Gasteiger partial charge in [-0.15, -0.1) is 0 Å². The second-order valence-corrected chi connectivity index (χ2v) is 9.92. The van der Waals surface area contributed by atoms with Crippen molar-refractivity contribution in [2.75, 3.05) is 13.1 Å². The molecule has 1 N–H and O–H groups in total. The van der Waals surface area contributed by atoms with Gasteiger partial charge in [-0.1, -0.05) is 47.0 Å².